The van der Waals surface area contributed by atoms with Gasteiger partial charge < -0.3 is 10.1 Å². The van der Waals surface area contributed by atoms with Crippen molar-refractivity contribution in [2.45, 2.75) is 12.8 Å². The van der Waals surface area contributed by atoms with Crippen LogP contribution < -0.4 is 14.4 Å². The molecule has 0 bridgehead atoms. The molecule has 28 heavy (non-hydrogen) atoms. The van der Waals surface area contributed by atoms with Gasteiger partial charge in [-0.1, -0.05) is 41.4 Å². The van der Waals surface area contributed by atoms with Crippen LogP contribution in [0, 0.1) is 0 Å². The Kier molecular flexibility index (Phi) is 7.98. The lowest BCUT2D eigenvalue weighted by molar-refractivity contribution is -0.119. The standard InChI is InChI=1S/C19H22Cl2N2O4S/c1-27-18-8-4-3-6-14(18)7-5-11-22-19(24)13-23(28(2,25)26)17-10-9-15(20)12-16(17)21/h3-4,6,8-10,12H,5,7,11,13H2,1-2H3,(H,22,24). The van der Waals surface area contributed by atoms with Gasteiger partial charge in [0, 0.05) is 11.6 Å². The van der Waals surface area contributed by atoms with Crippen LogP contribution in [0.3, 0.4) is 0 Å². The van der Waals surface area contributed by atoms with Crippen LogP contribution in [0.15, 0.2) is 42.5 Å². The molecule has 0 saturated heterocycles. The number of carbonyl (C=O) groups is 1. The Labute approximate surface area is 175 Å². The zero-order valence-corrected chi connectivity index (χ0v) is 17.9. The number of rotatable bonds is 9. The molecule has 9 heteroatoms. The third-order valence-electron chi connectivity index (χ3n) is 4.00. The molecule has 0 radical (unpaired) electrons. The van der Waals surface area contributed by atoms with Gasteiger partial charge in [0.2, 0.25) is 15.9 Å². The maximum absolute atomic E-state index is 12.3. The summed E-state index contributed by atoms with van der Waals surface area (Å²) in [6.07, 6.45) is 2.43. The minimum atomic E-state index is -3.70. The number of para-hydroxylation sites is 1. The van der Waals surface area contributed by atoms with Crippen LogP contribution in [0.5, 0.6) is 5.75 Å². The molecule has 0 spiro atoms. The number of hydrogen-bond acceptors (Lipinski definition) is 4. The van der Waals surface area contributed by atoms with Crippen molar-refractivity contribution in [1.29, 1.82) is 0 Å². The summed E-state index contributed by atoms with van der Waals surface area (Å²) in [5, 5.41) is 3.27. The second-order valence-electron chi connectivity index (χ2n) is 6.13. The number of ether oxygens (including phenoxy) is 1. The number of hydrogen-bond donors (Lipinski definition) is 1. The quantitative estimate of drug-likeness (QED) is 0.600. The average Bonchev–Trinajstić information content (AvgIpc) is 2.63. The first-order chi connectivity index (χ1) is 13.2. The fraction of sp³-hybridized carbons (Fsp3) is 0.316. The number of amides is 1. The summed E-state index contributed by atoms with van der Waals surface area (Å²) in [6, 6.07) is 12.1. The summed E-state index contributed by atoms with van der Waals surface area (Å²) in [5.41, 5.74) is 1.25. The zero-order chi connectivity index (χ0) is 20.7. The molecule has 0 atom stereocenters. The van der Waals surface area contributed by atoms with Gasteiger partial charge in [-0.15, -0.1) is 0 Å². The van der Waals surface area contributed by atoms with E-state index in [0.717, 1.165) is 28.3 Å². The third kappa shape index (κ3) is 6.29. The van der Waals surface area contributed by atoms with Crippen molar-refractivity contribution in [3.05, 3.63) is 58.1 Å². The summed E-state index contributed by atoms with van der Waals surface area (Å²) in [7, 11) is -2.09. The third-order valence-corrected chi connectivity index (χ3v) is 5.67. The molecule has 6 nitrogen and oxygen atoms in total. The van der Waals surface area contributed by atoms with E-state index in [4.69, 9.17) is 27.9 Å². The van der Waals surface area contributed by atoms with Crippen molar-refractivity contribution in [3.63, 3.8) is 0 Å². The molecular weight excluding hydrogens is 423 g/mol. The van der Waals surface area contributed by atoms with Crippen LogP contribution in [0.2, 0.25) is 10.0 Å². The molecule has 0 heterocycles. The van der Waals surface area contributed by atoms with E-state index in [1.165, 1.54) is 18.2 Å². The lowest BCUT2D eigenvalue weighted by atomic mass is 10.1. The minimum absolute atomic E-state index is 0.155. The summed E-state index contributed by atoms with van der Waals surface area (Å²) in [4.78, 5) is 12.3. The first-order valence-electron chi connectivity index (χ1n) is 8.53. The molecule has 0 saturated carbocycles. The second-order valence-corrected chi connectivity index (χ2v) is 8.88. The van der Waals surface area contributed by atoms with Gasteiger partial charge in [0.1, 0.15) is 12.3 Å². The molecule has 0 aliphatic carbocycles. The normalized spacial score (nSPS) is 11.1. The van der Waals surface area contributed by atoms with E-state index in [2.05, 4.69) is 5.32 Å². The Bertz CT molecular complexity index is 935. The molecule has 2 rings (SSSR count). The van der Waals surface area contributed by atoms with E-state index >= 15 is 0 Å². The number of nitrogens with zero attached hydrogens (tertiary/aromatic N) is 1. The Balaban J connectivity index is 1.95. The van der Waals surface area contributed by atoms with Gasteiger partial charge in [-0.05, 0) is 42.7 Å². The maximum atomic E-state index is 12.3. The predicted molar refractivity (Wildman–Crippen MR) is 113 cm³/mol. The lowest BCUT2D eigenvalue weighted by Gasteiger charge is -2.23. The molecule has 0 unspecified atom stereocenters. The van der Waals surface area contributed by atoms with Crippen LogP contribution in [0.25, 0.3) is 0 Å². The highest BCUT2D eigenvalue weighted by atomic mass is 35.5. The number of sulfonamides is 1. The van der Waals surface area contributed by atoms with Gasteiger partial charge in [-0.25, -0.2) is 8.42 Å². The molecule has 1 amide bonds. The fourth-order valence-corrected chi connectivity index (χ4v) is 4.10. The molecule has 1 N–H and O–H groups in total. The van der Waals surface area contributed by atoms with E-state index in [1.54, 1.807) is 7.11 Å². The monoisotopic (exact) mass is 444 g/mol. The van der Waals surface area contributed by atoms with Crippen LogP contribution in [-0.4, -0.2) is 40.8 Å². The fourth-order valence-electron chi connectivity index (χ4n) is 2.67. The van der Waals surface area contributed by atoms with Crippen LogP contribution in [0.1, 0.15) is 12.0 Å². The van der Waals surface area contributed by atoms with E-state index in [1.807, 2.05) is 24.3 Å². The van der Waals surface area contributed by atoms with Crippen molar-refractivity contribution in [2.75, 3.05) is 30.8 Å². The van der Waals surface area contributed by atoms with Crippen molar-refractivity contribution in [3.8, 4) is 5.75 Å². The second kappa shape index (κ2) is 10.0. The summed E-state index contributed by atoms with van der Waals surface area (Å²) < 4.78 is 30.5. The molecular formula is C19H22Cl2N2O4S. The lowest BCUT2D eigenvalue weighted by Crippen LogP contribution is -2.40. The number of aryl methyl sites for hydroxylation is 1. The average molecular weight is 445 g/mol. The predicted octanol–water partition coefficient (Wildman–Crippen LogP) is 3.52. The Morgan fingerprint density at radius 2 is 1.89 bits per heavy atom. The van der Waals surface area contributed by atoms with Gasteiger partial charge in [-0.3, -0.25) is 9.10 Å². The Morgan fingerprint density at radius 1 is 1.18 bits per heavy atom. The highest BCUT2D eigenvalue weighted by molar-refractivity contribution is 7.92. The van der Waals surface area contributed by atoms with E-state index in [-0.39, 0.29) is 17.3 Å². The first kappa shape index (κ1) is 22.3. The van der Waals surface area contributed by atoms with Gasteiger partial charge >= 0.3 is 0 Å². The Morgan fingerprint density at radius 3 is 2.54 bits per heavy atom. The van der Waals surface area contributed by atoms with E-state index in [9.17, 15) is 13.2 Å². The highest BCUT2D eigenvalue weighted by Gasteiger charge is 2.23. The number of benzene rings is 2. The zero-order valence-electron chi connectivity index (χ0n) is 15.6. The first-order valence-corrected chi connectivity index (χ1v) is 11.1. The van der Waals surface area contributed by atoms with Crippen molar-refractivity contribution in [1.82, 2.24) is 5.32 Å². The number of methoxy groups -OCH3 is 1. The molecule has 152 valence electrons. The van der Waals surface area contributed by atoms with E-state index < -0.39 is 15.9 Å². The highest BCUT2D eigenvalue weighted by Crippen LogP contribution is 2.30. The van der Waals surface area contributed by atoms with Gasteiger partial charge in [-0.2, -0.15) is 0 Å². The number of halogens is 2. The molecule has 2 aromatic carbocycles. The van der Waals surface area contributed by atoms with Crippen molar-refractivity contribution in [2.24, 2.45) is 0 Å². The summed E-state index contributed by atoms with van der Waals surface area (Å²) in [6.45, 7) is 0.0394. The molecule has 0 aliphatic heterocycles. The molecule has 0 aliphatic rings. The minimum Gasteiger partial charge on any atom is -0.496 e. The largest absolute Gasteiger partial charge is 0.496 e. The van der Waals surface area contributed by atoms with Gasteiger partial charge in [0.05, 0.1) is 24.1 Å². The topological polar surface area (TPSA) is 75.7 Å². The number of anilines is 1. The van der Waals surface area contributed by atoms with Crippen LogP contribution in [0.4, 0.5) is 5.69 Å². The van der Waals surface area contributed by atoms with Crippen LogP contribution in [-0.2, 0) is 21.2 Å². The SMILES string of the molecule is COc1ccccc1CCCNC(=O)CN(c1ccc(Cl)cc1Cl)S(C)(=O)=O. The van der Waals surface area contributed by atoms with Crippen LogP contribution >= 0.6 is 23.2 Å². The number of nitrogens with one attached hydrogen (secondary N) is 1. The maximum Gasteiger partial charge on any atom is 0.240 e. The Hall–Kier alpha value is -1.96. The number of carbonyl (C=O) groups excluding carboxylic acids is 1. The van der Waals surface area contributed by atoms with Crippen molar-refractivity contribution < 1.29 is 17.9 Å². The summed E-state index contributed by atoms with van der Waals surface area (Å²) >= 11 is 12.0. The molecule has 0 aromatic heterocycles. The smallest absolute Gasteiger partial charge is 0.240 e. The van der Waals surface area contributed by atoms with Gasteiger partial charge in [0.25, 0.3) is 0 Å². The van der Waals surface area contributed by atoms with E-state index in [0.29, 0.717) is 18.0 Å². The van der Waals surface area contributed by atoms with Crippen molar-refractivity contribution >= 4 is 44.8 Å². The van der Waals surface area contributed by atoms with Gasteiger partial charge in [0.15, 0.2) is 0 Å². The summed E-state index contributed by atoms with van der Waals surface area (Å²) in [5.74, 6) is 0.380. The molecule has 2 aromatic rings. The molecule has 0 fully saturated rings.